The zero-order chi connectivity index (χ0) is 40.9. The third kappa shape index (κ3) is 10.3. The molecule has 6 rings (SSSR count). The lowest BCUT2D eigenvalue weighted by Gasteiger charge is -2.54. The van der Waals surface area contributed by atoms with Crippen molar-refractivity contribution in [3.8, 4) is 11.6 Å². The van der Waals surface area contributed by atoms with Crippen molar-refractivity contribution in [1.82, 2.24) is 43.4 Å². The summed E-state index contributed by atoms with van der Waals surface area (Å²) in [6.45, 7) is 15.6. The van der Waals surface area contributed by atoms with Gasteiger partial charge in [-0.25, -0.2) is 9.37 Å². The number of halogens is 1. The van der Waals surface area contributed by atoms with E-state index in [2.05, 4.69) is 25.0 Å². The van der Waals surface area contributed by atoms with E-state index in [-0.39, 0.29) is 46.5 Å². The molecule has 4 fully saturated rings. The molecular weight excluding hydrogens is 752 g/mol. The second kappa shape index (κ2) is 18.4. The van der Waals surface area contributed by atoms with Crippen LogP contribution >= 0.6 is 0 Å². The molecule has 0 saturated carbocycles. The van der Waals surface area contributed by atoms with Crippen LogP contribution in [0.15, 0.2) is 36.7 Å². The maximum atomic E-state index is 14.4. The lowest BCUT2D eigenvalue weighted by Crippen LogP contribution is -2.61. The highest BCUT2D eigenvalue weighted by molar-refractivity contribution is 7.86. The molecule has 0 aliphatic carbocycles. The monoisotopic (exact) mass is 812 g/mol. The zero-order valence-electron chi connectivity index (χ0n) is 34.5. The molecule has 1 aromatic carbocycles. The van der Waals surface area contributed by atoms with Crippen molar-refractivity contribution in [2.45, 2.75) is 71.9 Å². The normalized spacial score (nSPS) is 20.5. The number of rotatable bonds is 13. The summed E-state index contributed by atoms with van der Waals surface area (Å²) in [5.74, 6) is 0.455. The van der Waals surface area contributed by atoms with E-state index in [1.54, 1.807) is 24.5 Å². The van der Waals surface area contributed by atoms with E-state index in [0.717, 1.165) is 58.4 Å². The molecule has 4 saturated heterocycles. The molecule has 1 spiro atoms. The van der Waals surface area contributed by atoms with Gasteiger partial charge in [-0.1, -0.05) is 6.08 Å². The Morgan fingerprint density at radius 1 is 0.965 bits per heavy atom. The van der Waals surface area contributed by atoms with Crippen molar-refractivity contribution >= 4 is 27.8 Å². The van der Waals surface area contributed by atoms with Gasteiger partial charge in [0.05, 0.1) is 5.56 Å². The molecule has 4 aliphatic rings. The fourth-order valence-corrected chi connectivity index (χ4v) is 10.4. The number of likely N-dealkylation sites (tertiary alicyclic amines) is 1. The van der Waals surface area contributed by atoms with E-state index in [1.165, 1.54) is 24.5 Å². The van der Waals surface area contributed by atoms with Gasteiger partial charge >= 0.3 is 0 Å². The Bertz CT molecular complexity index is 1830. The first-order chi connectivity index (χ1) is 27.2. The molecule has 2 amide bonds. The Labute approximate surface area is 338 Å². The lowest BCUT2D eigenvalue weighted by atomic mass is 9.72. The quantitative estimate of drug-likeness (QED) is 0.275. The van der Waals surface area contributed by atoms with Gasteiger partial charge in [0.15, 0.2) is 5.82 Å². The zero-order valence-corrected chi connectivity index (χ0v) is 35.3. The van der Waals surface area contributed by atoms with E-state index in [1.807, 2.05) is 52.8 Å². The molecule has 17 heteroatoms. The Hall–Kier alpha value is -3.77. The average molecular weight is 813 g/mol. The first-order valence-corrected chi connectivity index (χ1v) is 21.9. The summed E-state index contributed by atoms with van der Waals surface area (Å²) in [5.41, 5.74) is 0.273. The number of benzene rings is 1. The highest BCUT2D eigenvalue weighted by Gasteiger charge is 2.47. The number of nitrogens with zero attached hydrogens (tertiary/aromatic N) is 10. The van der Waals surface area contributed by atoms with Crippen LogP contribution in [0.3, 0.4) is 0 Å². The minimum absolute atomic E-state index is 0.0652. The number of aromatic nitrogens is 3. The van der Waals surface area contributed by atoms with Gasteiger partial charge in [-0.15, -0.1) is 10.2 Å². The number of carbonyl (C=O) groups excluding carboxylic acids is 2. The van der Waals surface area contributed by atoms with Crippen LogP contribution in [0.4, 0.5) is 10.2 Å². The maximum absolute atomic E-state index is 14.4. The summed E-state index contributed by atoms with van der Waals surface area (Å²) < 4.78 is 51.2. The molecule has 314 valence electrons. The van der Waals surface area contributed by atoms with Crippen LogP contribution in [-0.2, 0) is 15.0 Å². The number of amides is 2. The SMILES string of the molecule is CC(C)N(C(=O)c1cc(F)ccc1Oc1nncnc1N1CC2(CCN(CC3CCN(S(=O)(=O)N4CCCN(C(=O)/C=C/CN(C)C)CC4)CC3)CC2)C1)C(C)C. The molecule has 15 nitrogen and oxygen atoms in total. The standard InChI is InChI=1S/C40H61FN10O5S/c1-30(2)51(31(3)4)39(53)34-25-33(41)10-11-35(34)56-38-37(42-29-43-44-38)48-27-40(28-48)14-21-46(22-15-40)26-32-12-19-50(20-13-32)57(54,55)49-18-8-17-47(23-24-49)36(52)9-7-16-45(5)6/h7,9-11,25,29-32H,8,12-24,26-28H2,1-6H3/b9-7+. The summed E-state index contributed by atoms with van der Waals surface area (Å²) in [4.78, 5) is 40.9. The Morgan fingerprint density at radius 3 is 2.32 bits per heavy atom. The predicted molar refractivity (Wildman–Crippen MR) is 217 cm³/mol. The minimum atomic E-state index is -3.59. The van der Waals surface area contributed by atoms with Crippen LogP contribution in [0.1, 0.15) is 70.2 Å². The van der Waals surface area contributed by atoms with Gasteiger partial charge in [0.1, 0.15) is 17.9 Å². The third-order valence-electron chi connectivity index (χ3n) is 11.8. The largest absolute Gasteiger partial charge is 0.434 e. The number of likely N-dealkylation sites (N-methyl/N-ethyl adjacent to an activating group) is 1. The number of ether oxygens (including phenoxy) is 1. The summed E-state index contributed by atoms with van der Waals surface area (Å²) in [5, 5.41) is 8.19. The molecule has 4 aliphatic heterocycles. The van der Waals surface area contributed by atoms with Crippen LogP contribution in [0.5, 0.6) is 11.6 Å². The van der Waals surface area contributed by atoms with Crippen molar-refractivity contribution in [3.05, 3.63) is 48.1 Å². The van der Waals surface area contributed by atoms with Gasteiger partial charge in [0.25, 0.3) is 22.0 Å². The van der Waals surface area contributed by atoms with Crippen molar-refractivity contribution in [2.75, 3.05) is 97.5 Å². The molecule has 57 heavy (non-hydrogen) atoms. The minimum Gasteiger partial charge on any atom is -0.434 e. The average Bonchev–Trinajstić information content (AvgIpc) is 3.43. The van der Waals surface area contributed by atoms with Crippen molar-refractivity contribution in [2.24, 2.45) is 11.3 Å². The summed E-state index contributed by atoms with van der Waals surface area (Å²) in [6, 6.07) is 3.75. The summed E-state index contributed by atoms with van der Waals surface area (Å²) in [6.07, 6.45) is 9.20. The van der Waals surface area contributed by atoms with E-state index >= 15 is 0 Å². The van der Waals surface area contributed by atoms with Crippen LogP contribution < -0.4 is 9.64 Å². The van der Waals surface area contributed by atoms with E-state index in [9.17, 15) is 22.4 Å². The first kappa shape index (κ1) is 42.8. The van der Waals surface area contributed by atoms with Gasteiger partial charge in [-0.3, -0.25) is 9.59 Å². The Balaban J connectivity index is 0.969. The van der Waals surface area contributed by atoms with Crippen molar-refractivity contribution in [3.63, 3.8) is 0 Å². The second-order valence-electron chi connectivity index (χ2n) is 17.0. The van der Waals surface area contributed by atoms with Crippen LogP contribution in [0, 0.1) is 17.2 Å². The molecule has 2 aromatic rings. The molecule has 0 unspecified atom stereocenters. The summed E-state index contributed by atoms with van der Waals surface area (Å²) >= 11 is 0. The first-order valence-electron chi connectivity index (χ1n) is 20.5. The maximum Gasteiger partial charge on any atom is 0.282 e. The third-order valence-corrected chi connectivity index (χ3v) is 13.8. The van der Waals surface area contributed by atoms with Crippen molar-refractivity contribution in [1.29, 1.82) is 0 Å². The molecule has 0 atom stereocenters. The second-order valence-corrected chi connectivity index (χ2v) is 18.9. The number of piperidine rings is 2. The molecular formula is C40H61FN10O5S. The van der Waals surface area contributed by atoms with Crippen molar-refractivity contribution < 1.29 is 27.1 Å². The van der Waals surface area contributed by atoms with E-state index < -0.39 is 16.0 Å². The van der Waals surface area contributed by atoms with Gasteiger partial charge in [0.2, 0.25) is 5.91 Å². The number of carbonyl (C=O) groups is 2. The van der Waals surface area contributed by atoms with Gasteiger partial charge in [0, 0.05) is 89.0 Å². The van der Waals surface area contributed by atoms with Crippen LogP contribution in [-0.4, -0.2) is 168 Å². The molecule has 1 aromatic heterocycles. The Kier molecular flexibility index (Phi) is 13.9. The fraction of sp³-hybridized carbons (Fsp3) is 0.675. The topological polar surface area (TPSA) is 139 Å². The van der Waals surface area contributed by atoms with Crippen LogP contribution in [0.2, 0.25) is 0 Å². The molecule has 5 heterocycles. The fourth-order valence-electron chi connectivity index (χ4n) is 8.71. The molecule has 0 bridgehead atoms. The van der Waals surface area contributed by atoms with Gasteiger partial charge < -0.3 is 29.2 Å². The molecule has 0 radical (unpaired) electrons. The predicted octanol–water partition coefficient (Wildman–Crippen LogP) is 3.57. The molecule has 0 N–H and O–H groups in total. The summed E-state index contributed by atoms with van der Waals surface area (Å²) in [7, 11) is 0.303. The van der Waals surface area contributed by atoms with Gasteiger partial charge in [-0.2, -0.15) is 17.0 Å². The lowest BCUT2D eigenvalue weighted by molar-refractivity contribution is -0.125. The number of anilines is 1. The highest BCUT2D eigenvalue weighted by Crippen LogP contribution is 2.45. The highest BCUT2D eigenvalue weighted by atomic mass is 32.2. The number of hydrogen-bond acceptors (Lipinski definition) is 11. The smallest absolute Gasteiger partial charge is 0.282 e. The van der Waals surface area contributed by atoms with E-state index in [0.29, 0.717) is 64.0 Å². The Morgan fingerprint density at radius 2 is 1.65 bits per heavy atom. The van der Waals surface area contributed by atoms with Gasteiger partial charge in [-0.05, 0) is 111 Å². The number of hydrogen-bond donors (Lipinski definition) is 0. The van der Waals surface area contributed by atoms with E-state index in [4.69, 9.17) is 4.74 Å². The van der Waals surface area contributed by atoms with Crippen LogP contribution in [0.25, 0.3) is 0 Å².